The van der Waals surface area contributed by atoms with Crippen molar-refractivity contribution in [3.05, 3.63) is 34.6 Å². The van der Waals surface area contributed by atoms with Gasteiger partial charge in [-0.15, -0.1) is 10.2 Å². The molecule has 0 aliphatic rings. The predicted octanol–water partition coefficient (Wildman–Crippen LogP) is 1.91. The third-order valence-electron chi connectivity index (χ3n) is 2.33. The van der Waals surface area contributed by atoms with Crippen molar-refractivity contribution >= 4 is 27.3 Å². The molecule has 0 amide bonds. The minimum atomic E-state index is -0.383. The van der Waals surface area contributed by atoms with Gasteiger partial charge in [-0.05, 0) is 22.0 Å². The zero-order chi connectivity index (χ0) is 12.4. The Balaban J connectivity index is 2.14. The topological polar surface area (TPSA) is 68.8 Å². The summed E-state index contributed by atoms with van der Waals surface area (Å²) in [6.07, 6.45) is 1.61. The van der Waals surface area contributed by atoms with Gasteiger partial charge in [0.05, 0.1) is 22.4 Å². The van der Waals surface area contributed by atoms with Crippen molar-refractivity contribution in [3.8, 4) is 0 Å². The first kappa shape index (κ1) is 11.8. The number of benzene rings is 1. The molecule has 1 aromatic carbocycles. The second-order valence-electron chi connectivity index (χ2n) is 3.57. The lowest BCUT2D eigenvalue weighted by Gasteiger charge is -2.09. The van der Waals surface area contributed by atoms with Gasteiger partial charge in [0.1, 0.15) is 12.1 Å². The summed E-state index contributed by atoms with van der Waals surface area (Å²) in [7, 11) is 1.85. The van der Waals surface area contributed by atoms with Crippen LogP contribution < -0.4 is 11.1 Å². The Hall–Kier alpha value is -1.63. The van der Waals surface area contributed by atoms with Gasteiger partial charge in [-0.1, -0.05) is 0 Å². The summed E-state index contributed by atoms with van der Waals surface area (Å²) in [5, 5.41) is 10.8. The van der Waals surface area contributed by atoms with Crippen molar-refractivity contribution < 1.29 is 4.39 Å². The van der Waals surface area contributed by atoms with Gasteiger partial charge >= 0.3 is 0 Å². The average molecular weight is 300 g/mol. The van der Waals surface area contributed by atoms with Gasteiger partial charge in [-0.3, -0.25) is 0 Å². The van der Waals surface area contributed by atoms with E-state index in [-0.39, 0.29) is 5.82 Å². The van der Waals surface area contributed by atoms with Crippen LogP contribution in [0.15, 0.2) is 22.9 Å². The van der Waals surface area contributed by atoms with E-state index in [4.69, 9.17) is 5.73 Å². The largest absolute Gasteiger partial charge is 0.397 e. The third-order valence-corrected chi connectivity index (χ3v) is 2.94. The minimum absolute atomic E-state index is 0.355. The molecule has 1 heterocycles. The van der Waals surface area contributed by atoms with Crippen LogP contribution in [-0.2, 0) is 13.6 Å². The van der Waals surface area contributed by atoms with E-state index in [1.807, 2.05) is 7.05 Å². The quantitative estimate of drug-likeness (QED) is 0.850. The first-order valence-electron chi connectivity index (χ1n) is 4.89. The summed E-state index contributed by atoms with van der Waals surface area (Å²) in [6.45, 7) is 0.471. The number of nitrogen functional groups attached to an aromatic ring is 1. The van der Waals surface area contributed by atoms with Crippen molar-refractivity contribution in [3.63, 3.8) is 0 Å². The number of aryl methyl sites for hydroxylation is 1. The number of nitrogens with zero attached hydrogens (tertiary/aromatic N) is 3. The van der Waals surface area contributed by atoms with E-state index in [0.29, 0.717) is 22.4 Å². The maximum Gasteiger partial charge on any atom is 0.151 e. The van der Waals surface area contributed by atoms with Crippen LogP contribution in [-0.4, -0.2) is 14.8 Å². The molecule has 5 nitrogen and oxygen atoms in total. The smallest absolute Gasteiger partial charge is 0.151 e. The number of aromatic nitrogens is 3. The van der Waals surface area contributed by atoms with E-state index in [9.17, 15) is 4.39 Å². The highest BCUT2D eigenvalue weighted by atomic mass is 79.9. The van der Waals surface area contributed by atoms with Gasteiger partial charge in [0.2, 0.25) is 0 Å². The van der Waals surface area contributed by atoms with E-state index in [0.717, 1.165) is 5.82 Å². The molecule has 7 heteroatoms. The Kier molecular flexibility index (Phi) is 3.28. The van der Waals surface area contributed by atoms with Crippen LogP contribution in [0.3, 0.4) is 0 Å². The minimum Gasteiger partial charge on any atom is -0.397 e. The Morgan fingerprint density at radius 3 is 2.94 bits per heavy atom. The van der Waals surface area contributed by atoms with Gasteiger partial charge in [0.15, 0.2) is 5.82 Å². The van der Waals surface area contributed by atoms with Crippen LogP contribution >= 0.6 is 15.9 Å². The summed E-state index contributed by atoms with van der Waals surface area (Å²) in [4.78, 5) is 0. The molecule has 3 N–H and O–H groups in total. The van der Waals surface area contributed by atoms with E-state index in [1.54, 1.807) is 17.0 Å². The van der Waals surface area contributed by atoms with Gasteiger partial charge in [-0.2, -0.15) is 0 Å². The molecule has 1 aromatic heterocycles. The number of hydrogen-bond acceptors (Lipinski definition) is 4. The molecule has 0 bridgehead atoms. The molecule has 2 rings (SSSR count). The predicted molar refractivity (Wildman–Crippen MR) is 66.8 cm³/mol. The Morgan fingerprint density at radius 1 is 1.53 bits per heavy atom. The molecule has 90 valence electrons. The number of nitrogens with two attached hydrogens (primary N) is 1. The molecule has 0 unspecified atom stereocenters. The molecule has 0 radical (unpaired) electrons. The third kappa shape index (κ3) is 2.55. The van der Waals surface area contributed by atoms with Crippen molar-refractivity contribution in [2.24, 2.45) is 7.05 Å². The van der Waals surface area contributed by atoms with E-state index in [2.05, 4.69) is 31.4 Å². The second-order valence-corrected chi connectivity index (χ2v) is 4.42. The van der Waals surface area contributed by atoms with Crippen LogP contribution in [0.4, 0.5) is 15.8 Å². The molecule has 0 atom stereocenters. The highest BCUT2D eigenvalue weighted by molar-refractivity contribution is 9.10. The van der Waals surface area contributed by atoms with E-state index < -0.39 is 0 Å². The zero-order valence-electron chi connectivity index (χ0n) is 9.11. The highest BCUT2D eigenvalue weighted by Crippen LogP contribution is 2.26. The van der Waals surface area contributed by atoms with Gasteiger partial charge in [0, 0.05) is 13.1 Å². The number of hydrogen-bond donors (Lipinski definition) is 2. The highest BCUT2D eigenvalue weighted by Gasteiger charge is 2.07. The van der Waals surface area contributed by atoms with Crippen LogP contribution in [0.5, 0.6) is 0 Å². The first-order valence-corrected chi connectivity index (χ1v) is 5.68. The number of halogens is 2. The molecule has 0 spiro atoms. The van der Waals surface area contributed by atoms with Crippen molar-refractivity contribution in [2.45, 2.75) is 6.54 Å². The lowest BCUT2D eigenvalue weighted by molar-refractivity contribution is 0.622. The summed E-state index contributed by atoms with van der Waals surface area (Å²) in [5.74, 6) is 0.386. The molecule has 0 saturated carbocycles. The molecular formula is C10H11BrFN5. The molecule has 0 fully saturated rings. The maximum absolute atomic E-state index is 13.2. The van der Waals surface area contributed by atoms with Gasteiger partial charge < -0.3 is 15.6 Å². The summed E-state index contributed by atoms with van der Waals surface area (Å²) >= 11 is 3.11. The lowest BCUT2D eigenvalue weighted by Crippen LogP contribution is -2.07. The van der Waals surface area contributed by atoms with Crippen LogP contribution in [0.2, 0.25) is 0 Å². The number of rotatable bonds is 3. The van der Waals surface area contributed by atoms with E-state index in [1.165, 1.54) is 6.07 Å². The van der Waals surface area contributed by atoms with Gasteiger partial charge in [0.25, 0.3) is 0 Å². The Morgan fingerprint density at radius 2 is 2.29 bits per heavy atom. The molecule has 0 aliphatic carbocycles. The van der Waals surface area contributed by atoms with Gasteiger partial charge in [-0.25, -0.2) is 4.39 Å². The van der Waals surface area contributed by atoms with Crippen molar-refractivity contribution in [1.82, 2.24) is 14.8 Å². The molecule has 0 aliphatic heterocycles. The monoisotopic (exact) mass is 299 g/mol. The standard InChI is InChI=1S/C10H11BrFN5/c1-17-5-15-16-10(17)4-14-9-2-6(11)7(12)3-8(9)13/h2-3,5,14H,4,13H2,1H3. The normalized spacial score (nSPS) is 10.5. The molecule has 2 aromatic rings. The fourth-order valence-electron chi connectivity index (χ4n) is 1.36. The summed E-state index contributed by atoms with van der Waals surface area (Å²) < 4.78 is 15.3. The molecule has 17 heavy (non-hydrogen) atoms. The van der Waals surface area contributed by atoms with Crippen LogP contribution in [0.1, 0.15) is 5.82 Å². The van der Waals surface area contributed by atoms with Crippen LogP contribution in [0.25, 0.3) is 0 Å². The number of nitrogens with one attached hydrogen (secondary N) is 1. The average Bonchev–Trinajstić information content (AvgIpc) is 2.68. The fraction of sp³-hybridized carbons (Fsp3) is 0.200. The Labute approximate surface area is 106 Å². The summed E-state index contributed by atoms with van der Waals surface area (Å²) in [5.41, 5.74) is 6.71. The zero-order valence-corrected chi connectivity index (χ0v) is 10.7. The summed E-state index contributed by atoms with van der Waals surface area (Å²) in [6, 6.07) is 2.87. The lowest BCUT2D eigenvalue weighted by atomic mass is 10.2. The maximum atomic E-state index is 13.2. The van der Waals surface area contributed by atoms with E-state index >= 15 is 0 Å². The molecule has 0 saturated heterocycles. The fourth-order valence-corrected chi connectivity index (χ4v) is 1.70. The molecular weight excluding hydrogens is 289 g/mol. The van der Waals surface area contributed by atoms with Crippen LogP contribution in [0, 0.1) is 5.82 Å². The Bertz CT molecular complexity index is 539. The number of anilines is 2. The first-order chi connectivity index (χ1) is 8.08. The van der Waals surface area contributed by atoms with Crippen molar-refractivity contribution in [2.75, 3.05) is 11.1 Å². The second kappa shape index (κ2) is 4.70. The SMILES string of the molecule is Cn1cnnc1CNc1cc(Br)c(F)cc1N. The van der Waals surface area contributed by atoms with Crippen molar-refractivity contribution in [1.29, 1.82) is 0 Å².